The monoisotopic (exact) mass is 270 g/mol. The van der Waals surface area contributed by atoms with Crippen LogP contribution >= 0.6 is 0 Å². The van der Waals surface area contributed by atoms with Crippen LogP contribution in [0.4, 0.5) is 0 Å². The highest BCUT2D eigenvalue weighted by Gasteiger charge is 2.10. The largest absolute Gasteiger partial charge is 0.309 e. The first kappa shape index (κ1) is 11.5. The lowest BCUT2D eigenvalue weighted by atomic mass is 10.2. The number of aromatic nitrogens is 1. The Morgan fingerprint density at radius 2 is 1.10 bits per heavy atom. The predicted octanol–water partition coefficient (Wildman–Crippen LogP) is 3.58. The third-order valence-electron chi connectivity index (χ3n) is 3.71. The van der Waals surface area contributed by atoms with Crippen LogP contribution in [0.25, 0.3) is 27.5 Å². The Kier molecular flexibility index (Phi) is 2.50. The van der Waals surface area contributed by atoms with Crippen molar-refractivity contribution in [2.24, 2.45) is 0 Å². The summed E-state index contributed by atoms with van der Waals surface area (Å²) in [5, 5.41) is 3.69. The van der Waals surface area contributed by atoms with Crippen LogP contribution in [0.2, 0.25) is 0 Å². The van der Waals surface area contributed by atoms with Gasteiger partial charge in [-0.25, -0.2) is 0 Å². The van der Waals surface area contributed by atoms with Gasteiger partial charge in [0.25, 0.3) is 0 Å². The zero-order valence-electron chi connectivity index (χ0n) is 10.9. The van der Waals surface area contributed by atoms with E-state index in [9.17, 15) is 0 Å². The molecule has 0 atom stereocenters. The van der Waals surface area contributed by atoms with E-state index in [0.29, 0.717) is 0 Å². The molecule has 0 unspecified atom stereocenters. The molecular weight excluding hydrogens is 258 g/mol. The molecule has 4 rings (SSSR count). The number of benzene rings is 3. The summed E-state index contributed by atoms with van der Waals surface area (Å²) < 4.78 is 2.32. The van der Waals surface area contributed by atoms with Crippen molar-refractivity contribution in [1.29, 1.82) is 0 Å². The molecule has 0 aliphatic heterocycles. The molecule has 20 heavy (non-hydrogen) atoms. The molecule has 0 saturated heterocycles. The number of nitrogens with zero attached hydrogens (tertiary/aromatic N) is 1. The molecule has 1 heterocycles. The quantitative estimate of drug-likeness (QED) is 0.466. The fourth-order valence-electron chi connectivity index (χ4n) is 2.81. The Morgan fingerprint density at radius 3 is 1.65 bits per heavy atom. The lowest BCUT2D eigenvalue weighted by molar-refractivity contribution is 1.18. The average molecular weight is 270 g/mol. The molecule has 0 N–H and O–H groups in total. The Hall–Kier alpha value is -2.32. The van der Waals surface area contributed by atoms with E-state index in [0.717, 1.165) is 5.19 Å². The summed E-state index contributed by atoms with van der Waals surface area (Å²) in [5.41, 5.74) is 3.68. The second-order valence-electron chi connectivity index (χ2n) is 4.92. The van der Waals surface area contributed by atoms with Crippen molar-refractivity contribution in [2.75, 3.05) is 0 Å². The van der Waals surface area contributed by atoms with Crippen molar-refractivity contribution in [3.05, 3.63) is 72.8 Å². The maximum absolute atomic E-state index is 3.55. The molecule has 0 fully saturated rings. The van der Waals surface area contributed by atoms with Gasteiger partial charge in [0.15, 0.2) is 0 Å². The van der Waals surface area contributed by atoms with Crippen LogP contribution in [0.5, 0.6) is 0 Å². The predicted molar refractivity (Wildman–Crippen MR) is 86.2 cm³/mol. The van der Waals surface area contributed by atoms with Crippen LogP contribution in [-0.2, 0) is 0 Å². The number of para-hydroxylation sites is 2. The molecule has 0 amide bonds. The SMILES string of the molecule is [Si]c1ccc(-n2c3ccccc3c3ccccc32)cc1. The van der Waals surface area contributed by atoms with Gasteiger partial charge in [-0.05, 0) is 24.3 Å². The second kappa shape index (κ2) is 4.36. The van der Waals surface area contributed by atoms with Crippen molar-refractivity contribution in [3.8, 4) is 5.69 Å². The normalized spacial score (nSPS) is 11.2. The van der Waals surface area contributed by atoms with Gasteiger partial charge in [0.1, 0.15) is 0 Å². The van der Waals surface area contributed by atoms with Crippen molar-refractivity contribution >= 4 is 37.2 Å². The highest BCUT2D eigenvalue weighted by molar-refractivity contribution is 6.32. The molecule has 3 radical (unpaired) electrons. The zero-order valence-corrected chi connectivity index (χ0v) is 11.9. The molecule has 0 bridgehead atoms. The van der Waals surface area contributed by atoms with Crippen LogP contribution < -0.4 is 5.19 Å². The maximum Gasteiger partial charge on any atom is 0.0711 e. The topological polar surface area (TPSA) is 4.93 Å². The van der Waals surface area contributed by atoms with Gasteiger partial charge in [-0.15, -0.1) is 0 Å². The van der Waals surface area contributed by atoms with E-state index in [4.69, 9.17) is 0 Å². The maximum atomic E-state index is 3.55. The zero-order chi connectivity index (χ0) is 13.5. The van der Waals surface area contributed by atoms with Crippen molar-refractivity contribution < 1.29 is 0 Å². The molecule has 3 aromatic carbocycles. The summed E-state index contributed by atoms with van der Waals surface area (Å²) >= 11 is 0. The van der Waals surface area contributed by atoms with Crippen LogP contribution in [0, 0.1) is 0 Å². The van der Waals surface area contributed by atoms with Gasteiger partial charge in [0.05, 0.1) is 21.3 Å². The van der Waals surface area contributed by atoms with Crippen LogP contribution in [0.15, 0.2) is 72.8 Å². The molecule has 0 aliphatic rings. The van der Waals surface area contributed by atoms with Crippen LogP contribution in [-0.4, -0.2) is 14.8 Å². The molecule has 0 spiro atoms. The minimum Gasteiger partial charge on any atom is -0.309 e. The van der Waals surface area contributed by atoms with Gasteiger partial charge in [0, 0.05) is 16.5 Å². The number of hydrogen-bond acceptors (Lipinski definition) is 0. The molecule has 2 heteroatoms. The molecular formula is C18H12NSi. The van der Waals surface area contributed by atoms with Crippen molar-refractivity contribution in [3.63, 3.8) is 0 Å². The Bertz CT molecular complexity index is 850. The summed E-state index contributed by atoms with van der Waals surface area (Å²) in [6.45, 7) is 0. The van der Waals surface area contributed by atoms with Gasteiger partial charge in [-0.1, -0.05) is 53.7 Å². The van der Waals surface area contributed by atoms with Gasteiger partial charge in [0.2, 0.25) is 0 Å². The summed E-state index contributed by atoms with van der Waals surface area (Å²) in [4.78, 5) is 0. The first-order valence-electron chi connectivity index (χ1n) is 6.65. The first-order valence-corrected chi connectivity index (χ1v) is 7.15. The van der Waals surface area contributed by atoms with Gasteiger partial charge < -0.3 is 4.57 Å². The third-order valence-corrected chi connectivity index (χ3v) is 4.04. The van der Waals surface area contributed by atoms with Crippen molar-refractivity contribution in [2.45, 2.75) is 0 Å². The highest BCUT2D eigenvalue weighted by Crippen LogP contribution is 2.31. The van der Waals surface area contributed by atoms with E-state index < -0.39 is 0 Å². The van der Waals surface area contributed by atoms with Crippen LogP contribution in [0.3, 0.4) is 0 Å². The Labute approximate surface area is 120 Å². The molecule has 0 saturated carbocycles. The van der Waals surface area contributed by atoms with Crippen molar-refractivity contribution in [1.82, 2.24) is 4.57 Å². The fourth-order valence-corrected chi connectivity index (χ4v) is 2.98. The summed E-state index contributed by atoms with van der Waals surface area (Å²) in [6.07, 6.45) is 0. The van der Waals surface area contributed by atoms with Gasteiger partial charge >= 0.3 is 0 Å². The van der Waals surface area contributed by atoms with E-state index in [-0.39, 0.29) is 0 Å². The summed E-state index contributed by atoms with van der Waals surface area (Å²) in [5.74, 6) is 0. The van der Waals surface area contributed by atoms with Gasteiger partial charge in [-0.3, -0.25) is 0 Å². The molecule has 4 aromatic rings. The number of rotatable bonds is 1. The van der Waals surface area contributed by atoms with E-state index in [1.54, 1.807) is 0 Å². The smallest absolute Gasteiger partial charge is 0.0711 e. The first-order chi connectivity index (χ1) is 9.84. The number of fused-ring (bicyclic) bond motifs is 3. The molecule has 93 valence electrons. The van der Waals surface area contributed by atoms with E-state index >= 15 is 0 Å². The fraction of sp³-hybridized carbons (Fsp3) is 0. The van der Waals surface area contributed by atoms with E-state index in [1.807, 2.05) is 0 Å². The summed E-state index contributed by atoms with van der Waals surface area (Å²) in [6, 6.07) is 25.6. The summed E-state index contributed by atoms with van der Waals surface area (Å²) in [7, 11) is 3.55. The highest BCUT2D eigenvalue weighted by atomic mass is 28.1. The minimum absolute atomic E-state index is 1.09. The lowest BCUT2D eigenvalue weighted by Crippen LogP contribution is -2.02. The van der Waals surface area contributed by atoms with E-state index in [1.165, 1.54) is 27.5 Å². The Balaban J connectivity index is 2.17. The second-order valence-corrected chi connectivity index (χ2v) is 5.49. The minimum atomic E-state index is 1.09. The van der Waals surface area contributed by atoms with Crippen LogP contribution in [0.1, 0.15) is 0 Å². The lowest BCUT2D eigenvalue weighted by Gasteiger charge is -2.07. The van der Waals surface area contributed by atoms with Gasteiger partial charge in [-0.2, -0.15) is 0 Å². The average Bonchev–Trinajstić information content (AvgIpc) is 2.83. The third kappa shape index (κ3) is 1.62. The molecule has 0 aliphatic carbocycles. The van der Waals surface area contributed by atoms with E-state index in [2.05, 4.69) is 87.6 Å². The Morgan fingerprint density at radius 1 is 0.600 bits per heavy atom. The molecule has 1 aromatic heterocycles. The molecule has 1 nitrogen and oxygen atoms in total. The number of hydrogen-bond donors (Lipinski definition) is 0. The standard InChI is InChI=1S/C18H12NSi/c20-14-11-9-13(10-12-14)19-17-7-3-1-5-15(17)16-6-2-4-8-18(16)19/h1-12H.